The summed E-state index contributed by atoms with van der Waals surface area (Å²) in [5.74, 6) is -1.50. The summed E-state index contributed by atoms with van der Waals surface area (Å²) in [6.07, 6.45) is -0.0665. The zero-order chi connectivity index (χ0) is 27.8. The Morgan fingerprint density at radius 1 is 1.16 bits per heavy atom. The molecule has 0 bridgehead atoms. The zero-order valence-corrected chi connectivity index (χ0v) is 21.5. The van der Waals surface area contributed by atoms with Crippen molar-refractivity contribution in [1.82, 2.24) is 15.1 Å². The number of hydrogen-bond acceptors (Lipinski definition) is 6. The Balaban J connectivity index is 1.96. The summed E-state index contributed by atoms with van der Waals surface area (Å²) in [7, 11) is 1.56. The molecule has 38 heavy (non-hydrogen) atoms. The molecule has 3 rings (SSSR count). The molecule has 2 aromatic carbocycles. The molecule has 202 valence electrons. The summed E-state index contributed by atoms with van der Waals surface area (Å²) >= 11 is 0. The number of carboxylic acids is 1. The lowest BCUT2D eigenvalue weighted by Gasteiger charge is -2.12. The van der Waals surface area contributed by atoms with Crippen LogP contribution in [0, 0.1) is 5.82 Å². The summed E-state index contributed by atoms with van der Waals surface area (Å²) < 4.78 is 20.3. The molecule has 0 fully saturated rings. The number of carboxylic acid groups (broad SMARTS) is 1. The van der Waals surface area contributed by atoms with Gasteiger partial charge < -0.3 is 25.4 Å². The molecule has 10 heteroatoms. The van der Waals surface area contributed by atoms with Crippen molar-refractivity contribution in [2.24, 2.45) is 0 Å². The van der Waals surface area contributed by atoms with E-state index in [-0.39, 0.29) is 24.6 Å². The molecule has 0 spiro atoms. The van der Waals surface area contributed by atoms with E-state index in [9.17, 15) is 24.2 Å². The third kappa shape index (κ3) is 7.50. The Labute approximate surface area is 220 Å². The number of aliphatic carboxylic acids is 1. The van der Waals surface area contributed by atoms with Crippen LogP contribution in [-0.4, -0.2) is 56.3 Å². The van der Waals surface area contributed by atoms with Crippen LogP contribution in [0.1, 0.15) is 59.9 Å². The van der Waals surface area contributed by atoms with E-state index in [0.29, 0.717) is 22.7 Å². The topological polar surface area (TPSA) is 134 Å². The van der Waals surface area contributed by atoms with E-state index >= 15 is 0 Å². The molecule has 9 nitrogen and oxygen atoms in total. The van der Waals surface area contributed by atoms with Gasteiger partial charge in [0.2, 0.25) is 0 Å². The number of amides is 1. The maximum absolute atomic E-state index is 13.6. The predicted octanol–water partition coefficient (Wildman–Crippen LogP) is 3.67. The monoisotopic (exact) mass is 525 g/mol. The number of methoxy groups -OCH3 is 1. The highest BCUT2D eigenvalue weighted by molar-refractivity contribution is 5.95. The lowest BCUT2D eigenvalue weighted by atomic mass is 9.98. The maximum Gasteiger partial charge on any atom is 0.305 e. The normalized spacial score (nSPS) is 13.0. The number of rotatable bonds is 12. The van der Waals surface area contributed by atoms with E-state index in [1.54, 1.807) is 19.3 Å². The van der Waals surface area contributed by atoms with Crippen LogP contribution in [0.5, 0.6) is 5.75 Å². The minimum absolute atomic E-state index is 0.156. The Bertz CT molecular complexity index is 1290. The fourth-order valence-corrected chi connectivity index (χ4v) is 4.01. The summed E-state index contributed by atoms with van der Waals surface area (Å²) in [6, 6.07) is 12.9. The molecular formula is C28H32FN3O6. The molecule has 1 amide bonds. The maximum atomic E-state index is 13.6. The smallest absolute Gasteiger partial charge is 0.305 e. The molecule has 0 aliphatic rings. The average molecular weight is 526 g/mol. The molecule has 0 aliphatic heterocycles. The van der Waals surface area contributed by atoms with Crippen LogP contribution in [0.3, 0.4) is 0 Å². The fourth-order valence-electron chi connectivity index (χ4n) is 4.01. The van der Waals surface area contributed by atoms with E-state index in [0.717, 1.165) is 5.56 Å². The molecule has 0 radical (unpaired) electrons. The Morgan fingerprint density at radius 3 is 2.50 bits per heavy atom. The van der Waals surface area contributed by atoms with Gasteiger partial charge in [-0.3, -0.25) is 9.59 Å². The molecule has 4 N–H and O–H groups in total. The van der Waals surface area contributed by atoms with E-state index in [1.807, 2.05) is 32.0 Å². The van der Waals surface area contributed by atoms with Crippen molar-refractivity contribution in [3.05, 3.63) is 82.9 Å². The standard InChI is InChI=1S/C28H32FN3O6/c1-17(2)26-24(12-11-21(33)14-22(34)15-25(35)36)32(20-9-7-19(29)8-10-20)31-27(26)28(37)30-16-18-5-4-6-23(13-18)38-3/h4-13,17,21-22,33-34H,14-16H2,1-3H3,(H,30,37)(H,35,36)/b12-11+/t21-,22+/m0/s1. The number of aliphatic hydroxyl groups excluding tert-OH is 2. The van der Waals surface area contributed by atoms with Gasteiger partial charge in [-0.1, -0.05) is 32.1 Å². The summed E-state index contributed by atoms with van der Waals surface area (Å²) in [6.45, 7) is 4.03. The van der Waals surface area contributed by atoms with E-state index < -0.39 is 36.3 Å². The van der Waals surface area contributed by atoms with Crippen molar-refractivity contribution in [2.75, 3.05) is 7.11 Å². The van der Waals surface area contributed by atoms with Gasteiger partial charge in [0.15, 0.2) is 5.69 Å². The molecule has 1 heterocycles. The van der Waals surface area contributed by atoms with Gasteiger partial charge in [-0.15, -0.1) is 0 Å². The number of halogens is 1. The number of benzene rings is 2. The van der Waals surface area contributed by atoms with E-state index in [4.69, 9.17) is 9.84 Å². The second kappa shape index (κ2) is 13.0. The second-order valence-electron chi connectivity index (χ2n) is 9.14. The molecule has 0 aliphatic carbocycles. The average Bonchev–Trinajstić information content (AvgIpc) is 3.26. The van der Waals surface area contributed by atoms with Crippen LogP contribution in [-0.2, 0) is 11.3 Å². The number of aliphatic hydroxyl groups is 2. The van der Waals surface area contributed by atoms with Crippen LogP contribution < -0.4 is 10.1 Å². The summed E-state index contributed by atoms with van der Waals surface area (Å²) in [4.78, 5) is 24.1. The highest BCUT2D eigenvalue weighted by atomic mass is 19.1. The summed E-state index contributed by atoms with van der Waals surface area (Å²) in [5.41, 5.74) is 2.61. The number of nitrogens with zero attached hydrogens (tertiary/aromatic N) is 2. The molecule has 3 aromatic rings. The first-order valence-electron chi connectivity index (χ1n) is 12.1. The van der Waals surface area contributed by atoms with Gasteiger partial charge in [-0.05, 0) is 54.0 Å². The Hall–Kier alpha value is -4.02. The lowest BCUT2D eigenvalue weighted by molar-refractivity contribution is -0.139. The predicted molar refractivity (Wildman–Crippen MR) is 140 cm³/mol. The SMILES string of the molecule is COc1cccc(CNC(=O)c2nn(-c3ccc(F)cc3)c(/C=C/[C@H](O)C[C@@H](O)CC(=O)O)c2C(C)C)c1. The first-order chi connectivity index (χ1) is 18.1. The van der Waals surface area contributed by atoms with Crippen LogP contribution in [0.4, 0.5) is 4.39 Å². The van der Waals surface area contributed by atoms with Gasteiger partial charge in [-0.2, -0.15) is 5.10 Å². The number of carbonyl (C=O) groups excluding carboxylic acids is 1. The molecule has 0 saturated heterocycles. The highest BCUT2D eigenvalue weighted by Gasteiger charge is 2.25. The fraction of sp³-hybridized carbons (Fsp3) is 0.321. The molecular weight excluding hydrogens is 493 g/mol. The van der Waals surface area contributed by atoms with Gasteiger partial charge in [0.05, 0.1) is 37.1 Å². The highest BCUT2D eigenvalue weighted by Crippen LogP contribution is 2.28. The zero-order valence-electron chi connectivity index (χ0n) is 21.5. The van der Waals surface area contributed by atoms with Crippen molar-refractivity contribution >= 4 is 18.0 Å². The van der Waals surface area contributed by atoms with Gasteiger partial charge >= 0.3 is 5.97 Å². The van der Waals surface area contributed by atoms with Crippen LogP contribution >= 0.6 is 0 Å². The molecule has 2 atom stereocenters. The Morgan fingerprint density at radius 2 is 1.87 bits per heavy atom. The molecule has 0 unspecified atom stereocenters. The van der Waals surface area contributed by atoms with Crippen LogP contribution in [0.2, 0.25) is 0 Å². The number of carbonyl (C=O) groups is 2. The van der Waals surface area contributed by atoms with Crippen molar-refractivity contribution in [2.45, 2.75) is 51.4 Å². The van der Waals surface area contributed by atoms with Gasteiger partial charge in [0.25, 0.3) is 5.91 Å². The first-order valence-corrected chi connectivity index (χ1v) is 12.1. The molecule has 1 aromatic heterocycles. The number of aromatic nitrogens is 2. The molecule has 0 saturated carbocycles. The minimum Gasteiger partial charge on any atom is -0.497 e. The van der Waals surface area contributed by atoms with Gasteiger partial charge in [0, 0.05) is 18.5 Å². The van der Waals surface area contributed by atoms with E-state index in [2.05, 4.69) is 10.4 Å². The number of nitrogens with one attached hydrogen (secondary N) is 1. The first kappa shape index (κ1) is 28.5. The minimum atomic E-state index is -1.23. The van der Waals surface area contributed by atoms with Crippen LogP contribution in [0.15, 0.2) is 54.6 Å². The van der Waals surface area contributed by atoms with Crippen molar-refractivity contribution in [3.63, 3.8) is 0 Å². The number of ether oxygens (including phenoxy) is 1. The summed E-state index contributed by atoms with van der Waals surface area (Å²) in [5, 5.41) is 36.5. The third-order valence-electron chi connectivity index (χ3n) is 5.81. The van der Waals surface area contributed by atoms with Crippen molar-refractivity contribution < 1.29 is 34.0 Å². The lowest BCUT2D eigenvalue weighted by Crippen LogP contribution is -2.24. The Kier molecular flexibility index (Phi) is 9.75. The van der Waals surface area contributed by atoms with E-state index in [1.165, 1.54) is 35.0 Å². The largest absolute Gasteiger partial charge is 0.497 e. The quantitative estimate of drug-likeness (QED) is 0.283. The third-order valence-corrected chi connectivity index (χ3v) is 5.81. The number of hydrogen-bond donors (Lipinski definition) is 4. The van der Waals surface area contributed by atoms with Gasteiger partial charge in [-0.25, -0.2) is 9.07 Å². The van der Waals surface area contributed by atoms with Crippen molar-refractivity contribution in [1.29, 1.82) is 0 Å². The van der Waals surface area contributed by atoms with Crippen LogP contribution in [0.25, 0.3) is 11.8 Å². The van der Waals surface area contributed by atoms with Crippen molar-refractivity contribution in [3.8, 4) is 11.4 Å². The second-order valence-corrected chi connectivity index (χ2v) is 9.14. The van der Waals surface area contributed by atoms with Gasteiger partial charge in [0.1, 0.15) is 11.6 Å².